The molecular formula is C24H42O21. The van der Waals surface area contributed by atoms with Gasteiger partial charge < -0.3 is 105 Å². The Morgan fingerprint density at radius 2 is 0.644 bits per heavy atom. The SMILES string of the molecule is OC[C@H]1O[C@@H](O[C@H]2[C@H](O)[C@@H](O)[C@H](O[C@@H]3[C@H](O)[C@@H](O)[C@H](O[C@H]4[C@H](O)[C@@H](O)[C@H](O)O[C@@H]4CO)O[C@@H]3CO)O[C@@H]2CO)[C@H](O)[C@@H](O)[C@H]1O. The van der Waals surface area contributed by atoms with Gasteiger partial charge in [0, 0.05) is 0 Å². The van der Waals surface area contributed by atoms with E-state index in [9.17, 15) is 71.5 Å². The second-order valence-electron chi connectivity index (χ2n) is 11.1. The monoisotopic (exact) mass is 666 g/mol. The minimum Gasteiger partial charge on any atom is -0.394 e. The summed E-state index contributed by atoms with van der Waals surface area (Å²) in [6, 6.07) is 0. The van der Waals surface area contributed by atoms with Crippen LogP contribution in [-0.4, -0.2) is 221 Å². The first kappa shape index (κ1) is 37.0. The third-order valence-electron chi connectivity index (χ3n) is 8.20. The van der Waals surface area contributed by atoms with Crippen LogP contribution in [0.25, 0.3) is 0 Å². The van der Waals surface area contributed by atoms with Gasteiger partial charge in [-0.05, 0) is 0 Å². The summed E-state index contributed by atoms with van der Waals surface area (Å²) in [4.78, 5) is 0. The molecule has 0 aromatic heterocycles. The predicted octanol–water partition coefficient (Wildman–Crippen LogP) is -9.75. The molecule has 0 bridgehead atoms. The summed E-state index contributed by atoms with van der Waals surface area (Å²) in [5.74, 6) is 0. The van der Waals surface area contributed by atoms with Crippen LogP contribution in [0, 0.1) is 0 Å². The zero-order valence-corrected chi connectivity index (χ0v) is 23.5. The van der Waals surface area contributed by atoms with Gasteiger partial charge in [0.2, 0.25) is 0 Å². The fraction of sp³-hybridized carbons (Fsp3) is 1.00. The molecule has 0 spiro atoms. The first-order valence-corrected chi connectivity index (χ1v) is 14.1. The lowest BCUT2D eigenvalue weighted by Gasteiger charge is -2.49. The third-order valence-corrected chi connectivity index (χ3v) is 8.20. The van der Waals surface area contributed by atoms with Crippen molar-refractivity contribution in [2.45, 2.75) is 123 Å². The van der Waals surface area contributed by atoms with Crippen molar-refractivity contribution >= 4 is 0 Å². The molecule has 0 aromatic rings. The van der Waals surface area contributed by atoms with Crippen LogP contribution in [0.3, 0.4) is 0 Å². The van der Waals surface area contributed by atoms with Crippen molar-refractivity contribution in [3.8, 4) is 0 Å². The summed E-state index contributed by atoms with van der Waals surface area (Å²) in [6.45, 7) is -3.39. The molecule has 0 unspecified atom stereocenters. The molecule has 0 radical (unpaired) electrons. The first-order valence-electron chi connectivity index (χ1n) is 14.1. The molecular weight excluding hydrogens is 624 g/mol. The van der Waals surface area contributed by atoms with E-state index in [0.717, 1.165) is 0 Å². The van der Waals surface area contributed by atoms with Gasteiger partial charge in [0.15, 0.2) is 25.2 Å². The summed E-state index contributed by atoms with van der Waals surface area (Å²) in [7, 11) is 0. The van der Waals surface area contributed by atoms with Gasteiger partial charge >= 0.3 is 0 Å². The zero-order valence-electron chi connectivity index (χ0n) is 23.5. The molecule has 4 aliphatic rings. The van der Waals surface area contributed by atoms with Crippen molar-refractivity contribution in [3.05, 3.63) is 0 Å². The Morgan fingerprint density at radius 3 is 1.02 bits per heavy atom. The van der Waals surface area contributed by atoms with E-state index in [1.807, 2.05) is 0 Å². The second kappa shape index (κ2) is 15.6. The molecule has 20 atom stereocenters. The highest BCUT2D eigenvalue weighted by Gasteiger charge is 2.55. The van der Waals surface area contributed by atoms with Gasteiger partial charge in [-0.1, -0.05) is 0 Å². The first-order chi connectivity index (χ1) is 21.3. The number of aliphatic hydroxyl groups is 14. The molecule has 4 aliphatic heterocycles. The Kier molecular flexibility index (Phi) is 12.8. The number of hydrogen-bond acceptors (Lipinski definition) is 21. The molecule has 4 fully saturated rings. The molecule has 45 heavy (non-hydrogen) atoms. The maximum absolute atomic E-state index is 10.9. The van der Waals surface area contributed by atoms with Crippen LogP contribution >= 0.6 is 0 Å². The standard InChI is InChI=1S/C24H42O21/c25-1-5-9(29)10(30)15(35)22(40-5)44-19-7(3-27)42-24(17(37)12(19)32)45-20-8(4-28)41-23(16(36)13(20)33)43-18-6(2-26)39-21(38)14(34)11(18)31/h5-38H,1-4H2/t5-,6-,7-,8-,9+,10+,11-,12-,13-,14-,15-,16-,17-,18-,19-,20+,21-,22+,23+,24+/m1/s1. The van der Waals surface area contributed by atoms with E-state index in [2.05, 4.69) is 0 Å². The van der Waals surface area contributed by atoms with E-state index < -0.39 is 149 Å². The summed E-state index contributed by atoms with van der Waals surface area (Å²) in [5, 5.41) is 142. The topological polar surface area (TPSA) is 348 Å². The fourth-order valence-corrected chi connectivity index (χ4v) is 5.55. The van der Waals surface area contributed by atoms with Crippen molar-refractivity contribution in [2.75, 3.05) is 26.4 Å². The van der Waals surface area contributed by atoms with Crippen LogP contribution in [0.5, 0.6) is 0 Å². The highest BCUT2D eigenvalue weighted by molar-refractivity contribution is 4.97. The van der Waals surface area contributed by atoms with Gasteiger partial charge in [0.05, 0.1) is 26.4 Å². The quantitative estimate of drug-likeness (QED) is 0.103. The fourth-order valence-electron chi connectivity index (χ4n) is 5.55. The molecule has 0 saturated carbocycles. The van der Waals surface area contributed by atoms with E-state index in [-0.39, 0.29) is 0 Å². The molecule has 4 saturated heterocycles. The number of aliphatic hydroxyl groups excluding tert-OH is 14. The van der Waals surface area contributed by atoms with Gasteiger partial charge in [-0.25, -0.2) is 0 Å². The van der Waals surface area contributed by atoms with Gasteiger partial charge in [-0.2, -0.15) is 0 Å². The molecule has 4 heterocycles. The van der Waals surface area contributed by atoms with Crippen LogP contribution in [0.1, 0.15) is 0 Å². The summed E-state index contributed by atoms with van der Waals surface area (Å²) in [6.07, 6.45) is -35.3. The minimum absolute atomic E-state index is 0.784. The average Bonchev–Trinajstić information content (AvgIpc) is 3.03. The Balaban J connectivity index is 1.43. The second-order valence-corrected chi connectivity index (χ2v) is 11.1. The van der Waals surface area contributed by atoms with Gasteiger partial charge in [0.25, 0.3) is 0 Å². The molecule has 21 heteroatoms. The molecule has 21 nitrogen and oxygen atoms in total. The average molecular weight is 667 g/mol. The molecule has 14 N–H and O–H groups in total. The lowest BCUT2D eigenvalue weighted by Crippen LogP contribution is -2.67. The zero-order chi connectivity index (χ0) is 33.3. The van der Waals surface area contributed by atoms with Crippen molar-refractivity contribution < 1.29 is 105 Å². The van der Waals surface area contributed by atoms with E-state index >= 15 is 0 Å². The lowest BCUT2D eigenvalue weighted by atomic mass is 9.95. The number of hydrogen-bond donors (Lipinski definition) is 14. The minimum atomic E-state index is -2.02. The lowest BCUT2D eigenvalue weighted by molar-refractivity contribution is -0.387. The van der Waals surface area contributed by atoms with Crippen molar-refractivity contribution in [2.24, 2.45) is 0 Å². The predicted molar refractivity (Wildman–Crippen MR) is 134 cm³/mol. The van der Waals surface area contributed by atoms with E-state index in [4.69, 9.17) is 33.2 Å². The molecule has 0 amide bonds. The maximum atomic E-state index is 10.9. The normalized spacial score (nSPS) is 52.9. The van der Waals surface area contributed by atoms with Crippen LogP contribution in [-0.2, 0) is 33.2 Å². The molecule has 4 rings (SSSR count). The highest BCUT2D eigenvalue weighted by Crippen LogP contribution is 2.34. The smallest absolute Gasteiger partial charge is 0.187 e. The summed E-state index contributed by atoms with van der Waals surface area (Å²) in [5.41, 5.74) is 0. The summed E-state index contributed by atoms with van der Waals surface area (Å²) >= 11 is 0. The van der Waals surface area contributed by atoms with Crippen molar-refractivity contribution in [3.63, 3.8) is 0 Å². The van der Waals surface area contributed by atoms with E-state index in [1.165, 1.54) is 0 Å². The molecule has 264 valence electrons. The largest absolute Gasteiger partial charge is 0.394 e. The van der Waals surface area contributed by atoms with Gasteiger partial charge in [0.1, 0.15) is 97.7 Å². The van der Waals surface area contributed by atoms with E-state index in [0.29, 0.717) is 0 Å². The van der Waals surface area contributed by atoms with Crippen LogP contribution in [0.2, 0.25) is 0 Å². The van der Waals surface area contributed by atoms with Gasteiger partial charge in [-0.3, -0.25) is 0 Å². The Hall–Kier alpha value is -0.840. The van der Waals surface area contributed by atoms with Crippen molar-refractivity contribution in [1.82, 2.24) is 0 Å². The van der Waals surface area contributed by atoms with Crippen LogP contribution in [0.4, 0.5) is 0 Å². The van der Waals surface area contributed by atoms with E-state index in [1.54, 1.807) is 0 Å². The third kappa shape index (κ3) is 7.44. The maximum Gasteiger partial charge on any atom is 0.187 e. The highest BCUT2D eigenvalue weighted by atomic mass is 16.8. The van der Waals surface area contributed by atoms with Crippen LogP contribution < -0.4 is 0 Å². The van der Waals surface area contributed by atoms with Gasteiger partial charge in [-0.15, -0.1) is 0 Å². The Morgan fingerprint density at radius 1 is 0.333 bits per heavy atom. The molecule has 0 aliphatic carbocycles. The number of ether oxygens (including phenoxy) is 7. The van der Waals surface area contributed by atoms with Crippen LogP contribution in [0.15, 0.2) is 0 Å². The Bertz CT molecular complexity index is 910. The van der Waals surface area contributed by atoms with Crippen molar-refractivity contribution in [1.29, 1.82) is 0 Å². The molecule has 0 aromatic carbocycles. The summed E-state index contributed by atoms with van der Waals surface area (Å²) < 4.78 is 37.7. The Labute approximate surface area is 254 Å². The number of rotatable bonds is 10.